The Bertz CT molecular complexity index is 852. The maximum absolute atomic E-state index is 12.3. The van der Waals surface area contributed by atoms with Crippen LogP contribution in [-0.2, 0) is 17.8 Å². The van der Waals surface area contributed by atoms with Crippen LogP contribution in [0.5, 0.6) is 0 Å². The van der Waals surface area contributed by atoms with Crippen LogP contribution in [0.2, 0.25) is 0 Å². The Morgan fingerprint density at radius 2 is 2.04 bits per heavy atom. The molecule has 1 atom stereocenters. The highest BCUT2D eigenvalue weighted by Gasteiger charge is 2.33. The Morgan fingerprint density at radius 1 is 1.20 bits per heavy atom. The van der Waals surface area contributed by atoms with E-state index in [2.05, 4.69) is 54.2 Å². The molecule has 25 heavy (non-hydrogen) atoms. The number of aromatic nitrogens is 1. The van der Waals surface area contributed by atoms with Gasteiger partial charge in [0, 0.05) is 23.6 Å². The van der Waals surface area contributed by atoms with Crippen LogP contribution in [0.25, 0.3) is 5.69 Å². The SMILES string of the molecule is CCc1ccc(-n2ccc([C@@H]3SCC(=O)N3Cc3ccco3)c2)cc1. The van der Waals surface area contributed by atoms with E-state index in [1.165, 1.54) is 5.56 Å². The van der Waals surface area contributed by atoms with Crippen LogP contribution in [-0.4, -0.2) is 21.1 Å². The lowest BCUT2D eigenvalue weighted by Crippen LogP contribution is -2.27. The zero-order chi connectivity index (χ0) is 17.2. The summed E-state index contributed by atoms with van der Waals surface area (Å²) in [5.41, 5.74) is 3.61. The Morgan fingerprint density at radius 3 is 2.76 bits per heavy atom. The van der Waals surface area contributed by atoms with Gasteiger partial charge >= 0.3 is 0 Å². The van der Waals surface area contributed by atoms with Gasteiger partial charge in [0.25, 0.3) is 0 Å². The number of hydrogen-bond donors (Lipinski definition) is 0. The first-order chi connectivity index (χ1) is 12.2. The minimum atomic E-state index is 0.0359. The molecule has 1 aliphatic rings. The van der Waals surface area contributed by atoms with Gasteiger partial charge in [0.1, 0.15) is 11.1 Å². The molecule has 1 amide bonds. The number of carbonyl (C=O) groups is 1. The Kier molecular flexibility index (Phi) is 4.40. The van der Waals surface area contributed by atoms with E-state index in [0.29, 0.717) is 12.3 Å². The minimum Gasteiger partial charge on any atom is -0.467 e. The molecule has 0 spiro atoms. The van der Waals surface area contributed by atoms with E-state index in [4.69, 9.17) is 4.42 Å². The van der Waals surface area contributed by atoms with Gasteiger partial charge in [0.05, 0.1) is 18.6 Å². The van der Waals surface area contributed by atoms with E-state index in [-0.39, 0.29) is 11.3 Å². The predicted molar refractivity (Wildman–Crippen MR) is 99.6 cm³/mol. The first-order valence-corrected chi connectivity index (χ1v) is 9.50. The van der Waals surface area contributed by atoms with Crippen LogP contribution in [0.3, 0.4) is 0 Å². The van der Waals surface area contributed by atoms with E-state index in [1.54, 1.807) is 18.0 Å². The van der Waals surface area contributed by atoms with Crippen molar-refractivity contribution < 1.29 is 9.21 Å². The van der Waals surface area contributed by atoms with Crippen molar-refractivity contribution in [3.05, 3.63) is 78.0 Å². The summed E-state index contributed by atoms with van der Waals surface area (Å²) in [6.45, 7) is 2.67. The van der Waals surface area contributed by atoms with Crippen molar-refractivity contribution in [3.63, 3.8) is 0 Å². The van der Waals surface area contributed by atoms with Crippen molar-refractivity contribution in [2.45, 2.75) is 25.3 Å². The van der Waals surface area contributed by atoms with Crippen LogP contribution < -0.4 is 0 Å². The lowest BCUT2D eigenvalue weighted by molar-refractivity contribution is -0.128. The standard InChI is InChI=1S/C20H20N2O2S/c1-2-15-5-7-17(8-6-15)21-10-9-16(12-21)20-22(19(23)14-25-20)13-18-4-3-11-24-18/h3-12,20H,2,13-14H2,1H3/t20-/m0/s1. The molecule has 1 fully saturated rings. The number of amides is 1. The summed E-state index contributed by atoms with van der Waals surface area (Å²) in [6.07, 6.45) is 6.87. The summed E-state index contributed by atoms with van der Waals surface area (Å²) >= 11 is 1.67. The molecule has 1 aliphatic heterocycles. The summed E-state index contributed by atoms with van der Waals surface area (Å²) in [5, 5.41) is 0.0359. The van der Waals surface area contributed by atoms with Crippen LogP contribution >= 0.6 is 11.8 Å². The molecule has 0 bridgehead atoms. The third-order valence-corrected chi connectivity index (χ3v) is 5.77. The Balaban J connectivity index is 1.56. The second-order valence-electron chi connectivity index (χ2n) is 6.14. The fourth-order valence-corrected chi connectivity index (χ4v) is 4.27. The first-order valence-electron chi connectivity index (χ1n) is 8.45. The second-order valence-corrected chi connectivity index (χ2v) is 7.21. The zero-order valence-electron chi connectivity index (χ0n) is 14.1. The third kappa shape index (κ3) is 3.24. The van der Waals surface area contributed by atoms with Gasteiger partial charge in [0.15, 0.2) is 0 Å². The summed E-state index contributed by atoms with van der Waals surface area (Å²) in [5.74, 6) is 1.49. The average Bonchev–Trinajstić information content (AvgIpc) is 3.38. The van der Waals surface area contributed by atoms with Gasteiger partial charge in [-0.25, -0.2) is 0 Å². The quantitative estimate of drug-likeness (QED) is 0.683. The molecule has 4 nitrogen and oxygen atoms in total. The van der Waals surface area contributed by atoms with Crippen molar-refractivity contribution in [1.29, 1.82) is 0 Å². The monoisotopic (exact) mass is 352 g/mol. The number of aryl methyl sites for hydroxylation is 1. The second kappa shape index (κ2) is 6.84. The summed E-state index contributed by atoms with van der Waals surface area (Å²) in [4.78, 5) is 14.2. The van der Waals surface area contributed by atoms with Crippen molar-refractivity contribution >= 4 is 17.7 Å². The molecule has 0 N–H and O–H groups in total. The number of carbonyl (C=O) groups excluding carboxylic acids is 1. The van der Waals surface area contributed by atoms with Gasteiger partial charge < -0.3 is 13.9 Å². The lowest BCUT2D eigenvalue weighted by Gasteiger charge is -2.22. The normalized spacial score (nSPS) is 17.4. The highest BCUT2D eigenvalue weighted by Crippen LogP contribution is 2.40. The van der Waals surface area contributed by atoms with Crippen LogP contribution in [0.15, 0.2) is 65.5 Å². The number of hydrogen-bond acceptors (Lipinski definition) is 3. The smallest absolute Gasteiger partial charge is 0.234 e. The molecular weight excluding hydrogens is 332 g/mol. The molecule has 2 aromatic heterocycles. The van der Waals surface area contributed by atoms with E-state index in [9.17, 15) is 4.79 Å². The van der Waals surface area contributed by atoms with E-state index in [1.807, 2.05) is 17.0 Å². The highest BCUT2D eigenvalue weighted by atomic mass is 32.2. The van der Waals surface area contributed by atoms with Crippen molar-refractivity contribution in [3.8, 4) is 5.69 Å². The highest BCUT2D eigenvalue weighted by molar-refractivity contribution is 8.00. The number of thioether (sulfide) groups is 1. The van der Waals surface area contributed by atoms with Crippen LogP contribution in [0, 0.1) is 0 Å². The maximum Gasteiger partial charge on any atom is 0.234 e. The average molecular weight is 352 g/mol. The van der Waals surface area contributed by atoms with Gasteiger partial charge in [0.2, 0.25) is 5.91 Å². The molecule has 0 radical (unpaired) electrons. The fourth-order valence-electron chi connectivity index (χ4n) is 3.10. The molecule has 5 heteroatoms. The van der Waals surface area contributed by atoms with Gasteiger partial charge in [-0.05, 0) is 42.3 Å². The lowest BCUT2D eigenvalue weighted by atomic mass is 10.1. The summed E-state index contributed by atoms with van der Waals surface area (Å²) in [7, 11) is 0. The van der Waals surface area contributed by atoms with Crippen LogP contribution in [0.4, 0.5) is 0 Å². The Labute approximate surface area is 151 Å². The number of rotatable bonds is 5. The summed E-state index contributed by atoms with van der Waals surface area (Å²) in [6, 6.07) is 14.5. The zero-order valence-corrected chi connectivity index (χ0v) is 14.9. The number of furan rings is 1. The molecular formula is C20H20N2O2S. The topological polar surface area (TPSA) is 38.4 Å². The number of benzene rings is 1. The van der Waals surface area contributed by atoms with E-state index >= 15 is 0 Å². The fraction of sp³-hybridized carbons (Fsp3) is 0.250. The minimum absolute atomic E-state index is 0.0359. The van der Waals surface area contributed by atoms with Gasteiger partial charge in [-0.15, -0.1) is 11.8 Å². The van der Waals surface area contributed by atoms with E-state index in [0.717, 1.165) is 23.4 Å². The summed E-state index contributed by atoms with van der Waals surface area (Å²) < 4.78 is 7.53. The van der Waals surface area contributed by atoms with Gasteiger partial charge in [-0.2, -0.15) is 0 Å². The molecule has 1 aromatic carbocycles. The van der Waals surface area contributed by atoms with Crippen LogP contribution in [0.1, 0.15) is 29.2 Å². The molecule has 3 aromatic rings. The van der Waals surface area contributed by atoms with E-state index < -0.39 is 0 Å². The number of nitrogens with zero attached hydrogens (tertiary/aromatic N) is 2. The molecule has 0 saturated carbocycles. The van der Waals surface area contributed by atoms with Gasteiger partial charge in [-0.3, -0.25) is 4.79 Å². The Hall–Kier alpha value is -2.40. The molecule has 0 unspecified atom stereocenters. The predicted octanol–water partition coefficient (Wildman–Crippen LogP) is 4.41. The molecule has 1 saturated heterocycles. The van der Waals surface area contributed by atoms with Crippen molar-refractivity contribution in [1.82, 2.24) is 9.47 Å². The van der Waals surface area contributed by atoms with Crippen molar-refractivity contribution in [2.75, 3.05) is 5.75 Å². The third-order valence-electron chi connectivity index (χ3n) is 4.52. The van der Waals surface area contributed by atoms with Crippen molar-refractivity contribution in [2.24, 2.45) is 0 Å². The molecule has 4 rings (SSSR count). The molecule has 3 heterocycles. The van der Waals surface area contributed by atoms with Gasteiger partial charge in [-0.1, -0.05) is 19.1 Å². The molecule has 0 aliphatic carbocycles. The largest absolute Gasteiger partial charge is 0.467 e. The molecule has 128 valence electrons. The maximum atomic E-state index is 12.3. The first kappa shape index (κ1) is 16.1.